The van der Waals surface area contributed by atoms with E-state index in [0.717, 1.165) is 6.92 Å². The molecule has 84 valence electrons. The Balaban J connectivity index is 3.66. The smallest absolute Gasteiger partial charge is 0.320 e. The molecule has 0 rings (SSSR count). The first-order valence-electron chi connectivity index (χ1n) is 4.40. The lowest BCUT2D eigenvalue weighted by Crippen LogP contribution is -2.36. The predicted octanol–water partition coefficient (Wildman–Crippen LogP) is 1.57. The van der Waals surface area contributed by atoms with E-state index in [1.165, 1.54) is 0 Å². The Morgan fingerprint density at radius 1 is 1.29 bits per heavy atom. The number of carbonyl (C=O) groups excluding carboxylic acids is 1. The van der Waals surface area contributed by atoms with Crippen LogP contribution >= 0.6 is 0 Å². The summed E-state index contributed by atoms with van der Waals surface area (Å²) in [5.41, 5.74) is -0.576. The summed E-state index contributed by atoms with van der Waals surface area (Å²) in [6, 6.07) is 0. The molecule has 0 aliphatic rings. The molecule has 14 heavy (non-hydrogen) atoms. The molecule has 1 N–H and O–H groups in total. The topological polar surface area (TPSA) is 38.3 Å². The van der Waals surface area contributed by atoms with Gasteiger partial charge in [-0.05, 0) is 20.8 Å². The molecule has 0 aromatic heterocycles. The van der Waals surface area contributed by atoms with Crippen LogP contribution in [-0.4, -0.2) is 30.6 Å². The number of alkyl halides is 2. The Morgan fingerprint density at radius 2 is 1.79 bits per heavy atom. The Labute approximate surface area is 82.8 Å². The van der Waals surface area contributed by atoms with E-state index in [1.54, 1.807) is 20.8 Å². The molecule has 0 aromatic carbocycles. The predicted molar refractivity (Wildman–Crippen MR) is 49.3 cm³/mol. The van der Waals surface area contributed by atoms with Gasteiger partial charge in [0, 0.05) is 6.92 Å². The van der Waals surface area contributed by atoms with Gasteiger partial charge in [-0.15, -0.1) is 0 Å². The van der Waals surface area contributed by atoms with Gasteiger partial charge in [-0.2, -0.15) is 0 Å². The van der Waals surface area contributed by atoms with Crippen molar-refractivity contribution >= 4 is 5.97 Å². The van der Waals surface area contributed by atoms with Crippen molar-refractivity contribution in [3.8, 4) is 0 Å². The number of halogens is 2. The number of nitrogens with one attached hydrogen (secondary N) is 1. The molecule has 0 saturated heterocycles. The molecule has 0 unspecified atom stereocenters. The van der Waals surface area contributed by atoms with E-state index in [2.05, 4.69) is 5.32 Å². The fourth-order valence-electron chi connectivity index (χ4n) is 0.762. The van der Waals surface area contributed by atoms with Crippen LogP contribution in [0.1, 0.15) is 27.7 Å². The Kier molecular flexibility index (Phi) is 4.45. The number of hydrogen-bond acceptors (Lipinski definition) is 3. The summed E-state index contributed by atoms with van der Waals surface area (Å²) in [4.78, 5) is 11.0. The molecule has 0 bridgehead atoms. The van der Waals surface area contributed by atoms with Crippen molar-refractivity contribution < 1.29 is 18.3 Å². The minimum Gasteiger partial charge on any atom is -0.459 e. The molecule has 5 heteroatoms. The molecule has 0 aliphatic carbocycles. The molecular weight excluding hydrogens is 192 g/mol. The van der Waals surface area contributed by atoms with Gasteiger partial charge in [-0.1, -0.05) is 0 Å². The van der Waals surface area contributed by atoms with Gasteiger partial charge in [0.1, 0.15) is 5.60 Å². The maximum Gasteiger partial charge on any atom is 0.320 e. The van der Waals surface area contributed by atoms with Crippen molar-refractivity contribution in [3.63, 3.8) is 0 Å². The summed E-state index contributed by atoms with van der Waals surface area (Å²) in [6.07, 6.45) is 0. The van der Waals surface area contributed by atoms with E-state index in [1.807, 2.05) is 0 Å². The van der Waals surface area contributed by atoms with Crippen LogP contribution in [0, 0.1) is 0 Å². The summed E-state index contributed by atoms with van der Waals surface area (Å²) in [6.45, 7) is 5.24. The zero-order valence-electron chi connectivity index (χ0n) is 8.99. The highest BCUT2D eigenvalue weighted by atomic mass is 19.3. The largest absolute Gasteiger partial charge is 0.459 e. The van der Waals surface area contributed by atoms with Gasteiger partial charge in [0.15, 0.2) is 0 Å². The summed E-state index contributed by atoms with van der Waals surface area (Å²) in [5.74, 6) is -3.33. The molecule has 0 aliphatic heterocycles. The molecule has 0 amide bonds. The Morgan fingerprint density at radius 3 is 2.14 bits per heavy atom. The molecular formula is C9H17F2NO2. The van der Waals surface area contributed by atoms with Crippen LogP contribution in [0.5, 0.6) is 0 Å². The van der Waals surface area contributed by atoms with Gasteiger partial charge in [-0.25, -0.2) is 8.78 Å². The van der Waals surface area contributed by atoms with Gasteiger partial charge in [0.05, 0.1) is 13.1 Å². The monoisotopic (exact) mass is 209 g/mol. The van der Waals surface area contributed by atoms with E-state index >= 15 is 0 Å². The SMILES string of the molecule is CC(F)(F)CNCC(=O)OC(C)(C)C. The molecule has 0 radical (unpaired) electrons. The van der Waals surface area contributed by atoms with E-state index in [9.17, 15) is 13.6 Å². The highest BCUT2D eigenvalue weighted by Gasteiger charge is 2.21. The van der Waals surface area contributed by atoms with Crippen molar-refractivity contribution in [3.05, 3.63) is 0 Å². The third kappa shape index (κ3) is 9.38. The lowest BCUT2D eigenvalue weighted by atomic mass is 10.2. The maximum absolute atomic E-state index is 12.3. The first kappa shape index (κ1) is 13.3. The van der Waals surface area contributed by atoms with Gasteiger partial charge in [0.2, 0.25) is 0 Å². The molecule has 0 saturated carbocycles. The second-order valence-corrected chi connectivity index (χ2v) is 4.26. The van der Waals surface area contributed by atoms with Gasteiger partial charge < -0.3 is 10.1 Å². The fourth-order valence-corrected chi connectivity index (χ4v) is 0.762. The Hall–Kier alpha value is -0.710. The first-order valence-corrected chi connectivity index (χ1v) is 4.40. The number of hydrogen-bond donors (Lipinski definition) is 1. The van der Waals surface area contributed by atoms with Crippen molar-refractivity contribution in [1.29, 1.82) is 0 Å². The van der Waals surface area contributed by atoms with Crippen LogP contribution in [0.4, 0.5) is 8.78 Å². The maximum atomic E-state index is 12.3. The van der Waals surface area contributed by atoms with Crippen LogP contribution in [0.25, 0.3) is 0 Å². The second-order valence-electron chi connectivity index (χ2n) is 4.26. The molecule has 0 aromatic rings. The van der Waals surface area contributed by atoms with Crippen LogP contribution in [0.3, 0.4) is 0 Å². The lowest BCUT2D eigenvalue weighted by molar-refractivity contribution is -0.153. The van der Waals surface area contributed by atoms with Crippen molar-refractivity contribution in [2.24, 2.45) is 0 Å². The lowest BCUT2D eigenvalue weighted by Gasteiger charge is -2.20. The average molecular weight is 209 g/mol. The van der Waals surface area contributed by atoms with Crippen LogP contribution in [0.2, 0.25) is 0 Å². The zero-order chi connectivity index (χ0) is 11.4. The standard InChI is InChI=1S/C9H17F2NO2/c1-8(2,3)14-7(13)5-12-6-9(4,10)11/h12H,5-6H2,1-4H3. The third-order valence-corrected chi connectivity index (χ3v) is 1.12. The molecule has 0 heterocycles. The average Bonchev–Trinajstić information content (AvgIpc) is 1.78. The van der Waals surface area contributed by atoms with Crippen LogP contribution in [0.15, 0.2) is 0 Å². The van der Waals surface area contributed by atoms with Gasteiger partial charge in [0.25, 0.3) is 5.92 Å². The van der Waals surface area contributed by atoms with Crippen molar-refractivity contribution in [2.45, 2.75) is 39.2 Å². The fraction of sp³-hybridized carbons (Fsp3) is 0.889. The van der Waals surface area contributed by atoms with Crippen LogP contribution < -0.4 is 5.32 Å². The molecule has 0 spiro atoms. The minimum atomic E-state index is -2.80. The Bertz CT molecular complexity index is 194. The summed E-state index contributed by atoms with van der Waals surface area (Å²) < 4.78 is 29.5. The van der Waals surface area contributed by atoms with E-state index < -0.39 is 24.0 Å². The normalized spacial score (nSPS) is 12.7. The van der Waals surface area contributed by atoms with E-state index in [4.69, 9.17) is 4.74 Å². The molecule has 0 atom stereocenters. The second kappa shape index (κ2) is 4.68. The third-order valence-electron chi connectivity index (χ3n) is 1.12. The minimum absolute atomic E-state index is 0.194. The highest BCUT2D eigenvalue weighted by molar-refractivity contribution is 5.72. The summed E-state index contributed by atoms with van der Waals surface area (Å²) in [5, 5.41) is 2.32. The number of esters is 1. The summed E-state index contributed by atoms with van der Waals surface area (Å²) in [7, 11) is 0. The van der Waals surface area contributed by atoms with Crippen LogP contribution in [-0.2, 0) is 9.53 Å². The molecule has 3 nitrogen and oxygen atoms in total. The quantitative estimate of drug-likeness (QED) is 0.714. The number of carbonyl (C=O) groups is 1. The number of rotatable bonds is 4. The highest BCUT2D eigenvalue weighted by Crippen LogP contribution is 2.09. The first-order chi connectivity index (χ1) is 6.10. The molecule has 0 fully saturated rings. The zero-order valence-corrected chi connectivity index (χ0v) is 8.99. The number of ether oxygens (including phenoxy) is 1. The summed E-state index contributed by atoms with van der Waals surface area (Å²) >= 11 is 0. The van der Waals surface area contributed by atoms with Crippen molar-refractivity contribution in [1.82, 2.24) is 5.32 Å². The van der Waals surface area contributed by atoms with E-state index in [-0.39, 0.29) is 6.54 Å². The van der Waals surface area contributed by atoms with Gasteiger partial charge >= 0.3 is 5.97 Å². The van der Waals surface area contributed by atoms with Crippen molar-refractivity contribution in [2.75, 3.05) is 13.1 Å². The van der Waals surface area contributed by atoms with E-state index in [0.29, 0.717) is 0 Å². The van der Waals surface area contributed by atoms with Gasteiger partial charge in [-0.3, -0.25) is 4.79 Å².